The Labute approximate surface area is 174 Å². The van der Waals surface area contributed by atoms with Crippen LogP contribution in [0.5, 0.6) is 0 Å². The summed E-state index contributed by atoms with van der Waals surface area (Å²) in [6.45, 7) is 4.33. The van der Waals surface area contributed by atoms with Crippen molar-refractivity contribution in [3.63, 3.8) is 0 Å². The van der Waals surface area contributed by atoms with Gasteiger partial charge in [0.25, 0.3) is 5.91 Å². The Bertz CT molecular complexity index is 1040. The zero-order chi connectivity index (χ0) is 21.4. The van der Waals surface area contributed by atoms with E-state index in [1.807, 2.05) is 31.2 Å². The molecule has 1 atom stereocenters. The Morgan fingerprint density at radius 1 is 1.10 bits per heavy atom. The molecule has 2 aromatic rings. The number of likely N-dealkylation sites (N-methyl/N-ethyl adjacent to an activating group) is 1. The number of hydrogen-bond donors (Lipinski definition) is 1. The van der Waals surface area contributed by atoms with Gasteiger partial charge in [-0.3, -0.25) is 9.69 Å². The molecule has 7 nitrogen and oxygen atoms in total. The zero-order valence-corrected chi connectivity index (χ0v) is 17.1. The van der Waals surface area contributed by atoms with Gasteiger partial charge in [0.05, 0.1) is 36.0 Å². The molecule has 7 heteroatoms. The zero-order valence-electron chi connectivity index (χ0n) is 17.1. The lowest BCUT2D eigenvalue weighted by Gasteiger charge is -2.31. The lowest BCUT2D eigenvalue weighted by atomic mass is 9.95. The van der Waals surface area contributed by atoms with Crippen LogP contribution in [0, 0.1) is 6.92 Å². The molecular weight excluding hydrogens is 382 g/mol. The van der Waals surface area contributed by atoms with Crippen molar-refractivity contribution in [1.29, 1.82) is 0 Å². The van der Waals surface area contributed by atoms with E-state index in [1.54, 1.807) is 43.1 Å². The number of amides is 3. The third-order valence-corrected chi connectivity index (χ3v) is 5.46. The lowest BCUT2D eigenvalue weighted by Crippen LogP contribution is -2.45. The molecule has 0 bridgehead atoms. The van der Waals surface area contributed by atoms with E-state index in [2.05, 4.69) is 5.32 Å². The number of nitrogens with one attached hydrogen (secondary N) is 1. The highest BCUT2D eigenvalue weighted by Gasteiger charge is 2.43. The average Bonchev–Trinajstić information content (AvgIpc) is 3.09. The van der Waals surface area contributed by atoms with Crippen LogP contribution in [0.3, 0.4) is 0 Å². The quantitative estimate of drug-likeness (QED) is 0.793. The van der Waals surface area contributed by atoms with Crippen LogP contribution in [0.2, 0.25) is 0 Å². The summed E-state index contributed by atoms with van der Waals surface area (Å²) in [6.07, 6.45) is 0. The first kappa shape index (κ1) is 19.7. The number of hydrogen-bond acceptors (Lipinski definition) is 4. The molecule has 0 radical (unpaired) electrons. The molecule has 4 rings (SSSR count). The average molecular weight is 405 g/mol. The van der Waals surface area contributed by atoms with Crippen molar-refractivity contribution in [2.75, 3.05) is 25.1 Å². The molecule has 0 aromatic heterocycles. The third-order valence-electron chi connectivity index (χ3n) is 5.46. The number of nitrogens with zero attached hydrogens (tertiary/aromatic N) is 2. The summed E-state index contributed by atoms with van der Waals surface area (Å²) >= 11 is 0. The van der Waals surface area contributed by atoms with Crippen LogP contribution in [0.15, 0.2) is 59.8 Å². The maximum atomic E-state index is 13.4. The summed E-state index contributed by atoms with van der Waals surface area (Å²) in [4.78, 5) is 40.9. The monoisotopic (exact) mass is 405 g/mol. The predicted molar refractivity (Wildman–Crippen MR) is 112 cm³/mol. The lowest BCUT2D eigenvalue weighted by molar-refractivity contribution is -0.114. The number of benzene rings is 2. The highest BCUT2D eigenvalue weighted by atomic mass is 16.5. The van der Waals surface area contributed by atoms with Crippen molar-refractivity contribution >= 4 is 23.6 Å². The van der Waals surface area contributed by atoms with Crippen molar-refractivity contribution in [3.05, 3.63) is 76.5 Å². The molecule has 0 aliphatic carbocycles. The largest absolute Gasteiger partial charge is 0.462 e. The van der Waals surface area contributed by atoms with Gasteiger partial charge >= 0.3 is 12.0 Å². The van der Waals surface area contributed by atoms with Gasteiger partial charge in [0, 0.05) is 12.7 Å². The van der Waals surface area contributed by atoms with Crippen LogP contribution < -0.4 is 10.2 Å². The fourth-order valence-electron chi connectivity index (χ4n) is 3.78. The highest BCUT2D eigenvalue weighted by molar-refractivity contribution is 6.11. The van der Waals surface area contributed by atoms with Gasteiger partial charge in [-0.25, -0.2) is 9.59 Å². The summed E-state index contributed by atoms with van der Waals surface area (Å²) in [7, 11) is 1.66. The third kappa shape index (κ3) is 3.32. The van der Waals surface area contributed by atoms with Crippen LogP contribution in [0.25, 0.3) is 0 Å². The van der Waals surface area contributed by atoms with Gasteiger partial charge < -0.3 is 15.0 Å². The number of urea groups is 1. The van der Waals surface area contributed by atoms with Crippen molar-refractivity contribution in [3.8, 4) is 0 Å². The van der Waals surface area contributed by atoms with E-state index in [1.165, 1.54) is 4.90 Å². The second kappa shape index (κ2) is 7.67. The summed E-state index contributed by atoms with van der Waals surface area (Å²) in [5, 5.41) is 2.93. The molecule has 0 fully saturated rings. The van der Waals surface area contributed by atoms with E-state index in [4.69, 9.17) is 4.74 Å². The fraction of sp³-hybridized carbons (Fsp3) is 0.261. The Morgan fingerprint density at radius 2 is 1.77 bits per heavy atom. The van der Waals surface area contributed by atoms with Crippen molar-refractivity contribution in [1.82, 2.24) is 10.2 Å². The minimum atomic E-state index is -0.499. The molecule has 0 unspecified atom stereocenters. The van der Waals surface area contributed by atoms with Gasteiger partial charge in [-0.05, 0) is 43.7 Å². The molecule has 3 amide bonds. The highest BCUT2D eigenvalue weighted by Crippen LogP contribution is 2.37. The first-order valence-corrected chi connectivity index (χ1v) is 9.83. The number of ether oxygens (including phenoxy) is 1. The molecule has 1 N–H and O–H groups in total. The van der Waals surface area contributed by atoms with Crippen LogP contribution in [0.1, 0.15) is 34.5 Å². The number of esters is 1. The molecule has 0 spiro atoms. The number of rotatable bonds is 4. The van der Waals surface area contributed by atoms with Gasteiger partial charge in [-0.2, -0.15) is 0 Å². The molecule has 2 heterocycles. The van der Waals surface area contributed by atoms with Gasteiger partial charge in [0.1, 0.15) is 0 Å². The first-order chi connectivity index (χ1) is 14.4. The summed E-state index contributed by atoms with van der Waals surface area (Å²) in [5.41, 5.74) is 4.30. The maximum Gasteiger partial charge on any atom is 0.338 e. The SMILES string of the molecule is CCOC(=O)c1ccc(N2CC3=C(C2=O)[C@@H](c2ccc(C)cc2)NC(=O)N3C)cc1. The van der Waals surface area contributed by atoms with E-state index in [9.17, 15) is 14.4 Å². The molecular formula is C23H23N3O4. The Hall–Kier alpha value is -3.61. The molecule has 2 aliphatic heterocycles. The summed E-state index contributed by atoms with van der Waals surface area (Å²) in [5.74, 6) is -0.561. The van der Waals surface area contributed by atoms with E-state index in [-0.39, 0.29) is 11.9 Å². The molecule has 2 aliphatic rings. The predicted octanol–water partition coefficient (Wildman–Crippen LogP) is 3.17. The number of anilines is 1. The van der Waals surface area contributed by atoms with E-state index < -0.39 is 12.0 Å². The van der Waals surface area contributed by atoms with Crippen LogP contribution in [-0.2, 0) is 9.53 Å². The van der Waals surface area contributed by atoms with E-state index >= 15 is 0 Å². The Morgan fingerprint density at radius 3 is 2.40 bits per heavy atom. The summed E-state index contributed by atoms with van der Waals surface area (Å²) in [6, 6.07) is 13.8. The standard InChI is InChI=1S/C23H23N3O4/c1-4-30-22(28)16-9-11-17(12-10-16)26-13-18-19(21(26)27)20(24-23(29)25(18)3)15-7-5-14(2)6-8-15/h5-12,20H,4,13H2,1-3H3,(H,24,29)/t20-/m1/s1. The molecule has 2 aromatic carbocycles. The van der Waals surface area contributed by atoms with Gasteiger partial charge in [-0.15, -0.1) is 0 Å². The Balaban J connectivity index is 1.65. The van der Waals surface area contributed by atoms with Crippen LogP contribution >= 0.6 is 0 Å². The van der Waals surface area contributed by atoms with Crippen LogP contribution in [0.4, 0.5) is 10.5 Å². The molecule has 30 heavy (non-hydrogen) atoms. The number of aryl methyl sites for hydroxylation is 1. The van der Waals surface area contributed by atoms with Crippen molar-refractivity contribution in [2.24, 2.45) is 0 Å². The Kier molecular flexibility index (Phi) is 5.03. The number of carbonyl (C=O) groups is 3. The van der Waals surface area contributed by atoms with Crippen molar-refractivity contribution < 1.29 is 19.1 Å². The van der Waals surface area contributed by atoms with Gasteiger partial charge in [-0.1, -0.05) is 29.8 Å². The number of carbonyl (C=O) groups excluding carboxylic acids is 3. The topological polar surface area (TPSA) is 79.0 Å². The molecule has 0 saturated carbocycles. The van der Waals surface area contributed by atoms with E-state index in [0.29, 0.717) is 35.7 Å². The molecule has 154 valence electrons. The van der Waals surface area contributed by atoms with Gasteiger partial charge in [0.2, 0.25) is 0 Å². The smallest absolute Gasteiger partial charge is 0.338 e. The maximum absolute atomic E-state index is 13.4. The van der Waals surface area contributed by atoms with Gasteiger partial charge in [0.15, 0.2) is 0 Å². The minimum absolute atomic E-state index is 0.161. The first-order valence-electron chi connectivity index (χ1n) is 9.83. The van der Waals surface area contributed by atoms with Crippen molar-refractivity contribution in [2.45, 2.75) is 19.9 Å². The minimum Gasteiger partial charge on any atom is -0.462 e. The normalized spacial score (nSPS) is 18.4. The van der Waals surface area contributed by atoms with E-state index in [0.717, 1.165) is 11.1 Å². The second-order valence-electron chi connectivity index (χ2n) is 7.37. The second-order valence-corrected chi connectivity index (χ2v) is 7.37. The fourth-order valence-corrected chi connectivity index (χ4v) is 3.78. The summed E-state index contributed by atoms with van der Waals surface area (Å²) < 4.78 is 5.01. The molecule has 0 saturated heterocycles. The van der Waals surface area contributed by atoms with Crippen LogP contribution in [-0.4, -0.2) is 43.0 Å².